The van der Waals surface area contributed by atoms with Gasteiger partial charge in [-0.25, -0.2) is 0 Å². The van der Waals surface area contributed by atoms with Gasteiger partial charge < -0.3 is 10.2 Å². The fourth-order valence-corrected chi connectivity index (χ4v) is 3.47. The number of hydrogen-bond donors (Lipinski definition) is 2. The van der Waals surface area contributed by atoms with Crippen molar-refractivity contribution in [3.63, 3.8) is 0 Å². The van der Waals surface area contributed by atoms with Crippen LogP contribution in [-0.4, -0.2) is 29.3 Å². The van der Waals surface area contributed by atoms with E-state index >= 15 is 0 Å². The number of nitrogens with zero attached hydrogens (tertiary/aromatic N) is 2. The van der Waals surface area contributed by atoms with Gasteiger partial charge in [0.1, 0.15) is 18.2 Å². The molecule has 0 saturated carbocycles. The highest BCUT2D eigenvalue weighted by atomic mass is 16.3. The van der Waals surface area contributed by atoms with Crippen molar-refractivity contribution >= 4 is 12.4 Å². The summed E-state index contributed by atoms with van der Waals surface area (Å²) >= 11 is 0. The molecule has 0 saturated heterocycles. The van der Waals surface area contributed by atoms with Crippen molar-refractivity contribution in [3.05, 3.63) is 57.6 Å². The molecular weight excluding hydrogens is 360 g/mol. The average molecular weight is 395 g/mol. The summed E-state index contributed by atoms with van der Waals surface area (Å²) in [5, 5.41) is 20.6. The minimum atomic E-state index is 0.236. The van der Waals surface area contributed by atoms with Gasteiger partial charge in [-0.3, -0.25) is 9.98 Å². The van der Waals surface area contributed by atoms with Crippen molar-refractivity contribution in [2.75, 3.05) is 6.67 Å². The van der Waals surface area contributed by atoms with E-state index in [-0.39, 0.29) is 18.2 Å². The molecule has 0 heterocycles. The molecule has 0 amide bonds. The number of aryl methyl sites for hydroxylation is 2. The third-order valence-corrected chi connectivity index (χ3v) is 4.69. The Kier molecular flexibility index (Phi) is 8.00. The lowest BCUT2D eigenvalue weighted by molar-refractivity contribution is 0.469. The second-order valence-corrected chi connectivity index (χ2v) is 8.66. The molecule has 0 fully saturated rings. The fraction of sp³-hybridized carbons (Fsp3) is 0.440. The van der Waals surface area contributed by atoms with Gasteiger partial charge in [0, 0.05) is 23.6 Å². The molecule has 0 spiro atoms. The van der Waals surface area contributed by atoms with Crippen LogP contribution in [0.5, 0.6) is 11.5 Å². The second kappa shape index (κ2) is 10.2. The molecule has 0 atom stereocenters. The predicted molar refractivity (Wildman–Crippen MR) is 123 cm³/mol. The van der Waals surface area contributed by atoms with E-state index in [2.05, 4.69) is 37.7 Å². The molecule has 0 aliphatic carbocycles. The van der Waals surface area contributed by atoms with Crippen molar-refractivity contribution in [2.24, 2.45) is 21.8 Å². The Morgan fingerprint density at radius 1 is 0.724 bits per heavy atom. The van der Waals surface area contributed by atoms with Gasteiger partial charge >= 0.3 is 0 Å². The minimum Gasteiger partial charge on any atom is -0.507 e. The van der Waals surface area contributed by atoms with E-state index in [9.17, 15) is 10.2 Å². The van der Waals surface area contributed by atoms with E-state index in [0.29, 0.717) is 23.0 Å². The molecule has 4 heteroatoms. The first-order chi connectivity index (χ1) is 13.7. The Balaban J connectivity index is 2.12. The summed E-state index contributed by atoms with van der Waals surface area (Å²) in [6.45, 7) is 12.8. The highest BCUT2D eigenvalue weighted by Crippen LogP contribution is 2.25. The standard InChI is InChI=1S/C25H34N2O2/c1-16(2)7-20-9-18(5)24(28)22(11-20)13-26-15-27-14-23-12-21(8-17(3)4)10-19(6)25(23)29/h9-14,16-17,28-29H,7-8,15H2,1-6H3. The quantitative estimate of drug-likeness (QED) is 0.572. The maximum absolute atomic E-state index is 10.3. The molecule has 156 valence electrons. The van der Waals surface area contributed by atoms with Crippen LogP contribution >= 0.6 is 0 Å². The maximum Gasteiger partial charge on any atom is 0.129 e. The van der Waals surface area contributed by atoms with Gasteiger partial charge in [-0.1, -0.05) is 39.8 Å². The molecule has 4 nitrogen and oxygen atoms in total. The van der Waals surface area contributed by atoms with Gasteiger partial charge in [-0.15, -0.1) is 0 Å². The van der Waals surface area contributed by atoms with Crippen molar-refractivity contribution in [2.45, 2.75) is 54.4 Å². The molecule has 29 heavy (non-hydrogen) atoms. The van der Waals surface area contributed by atoms with E-state index in [1.165, 1.54) is 11.1 Å². The zero-order chi connectivity index (χ0) is 21.6. The van der Waals surface area contributed by atoms with Crippen LogP contribution in [0, 0.1) is 25.7 Å². The molecule has 2 aromatic rings. The number of rotatable bonds is 8. The van der Waals surface area contributed by atoms with E-state index in [4.69, 9.17) is 0 Å². The second-order valence-electron chi connectivity index (χ2n) is 8.66. The lowest BCUT2D eigenvalue weighted by Crippen LogP contribution is -1.98. The Labute approximate surface area is 175 Å². The molecule has 2 rings (SSSR count). The number of aliphatic imine (C=N–C) groups is 2. The summed E-state index contributed by atoms with van der Waals surface area (Å²) in [4.78, 5) is 8.67. The first-order valence-corrected chi connectivity index (χ1v) is 10.3. The third-order valence-electron chi connectivity index (χ3n) is 4.69. The zero-order valence-electron chi connectivity index (χ0n) is 18.5. The molecule has 0 aliphatic heterocycles. The Morgan fingerprint density at radius 3 is 1.45 bits per heavy atom. The SMILES string of the molecule is Cc1cc(CC(C)C)cc(C=NCN=Cc2cc(CC(C)C)cc(C)c2O)c1O. The zero-order valence-corrected chi connectivity index (χ0v) is 18.5. The van der Waals surface area contributed by atoms with Crippen LogP contribution in [0.25, 0.3) is 0 Å². The maximum atomic E-state index is 10.3. The Hall–Kier alpha value is -2.62. The highest BCUT2D eigenvalue weighted by molar-refractivity contribution is 5.86. The topological polar surface area (TPSA) is 65.2 Å². The lowest BCUT2D eigenvalue weighted by atomic mass is 9.98. The number of phenols is 2. The number of phenolic OH excluding ortho intramolecular Hbond substituents is 2. The third kappa shape index (κ3) is 6.74. The van der Waals surface area contributed by atoms with Crippen molar-refractivity contribution < 1.29 is 10.2 Å². The average Bonchev–Trinajstić information content (AvgIpc) is 2.61. The van der Waals surface area contributed by atoms with Crippen molar-refractivity contribution in [3.8, 4) is 11.5 Å². The summed E-state index contributed by atoms with van der Waals surface area (Å²) in [6, 6.07) is 8.03. The molecule has 0 bridgehead atoms. The molecule has 2 N–H and O–H groups in total. The predicted octanol–water partition coefficient (Wildman–Crippen LogP) is 5.61. The van der Waals surface area contributed by atoms with Crippen LogP contribution in [0.4, 0.5) is 0 Å². The van der Waals surface area contributed by atoms with Crippen molar-refractivity contribution in [1.82, 2.24) is 0 Å². The van der Waals surface area contributed by atoms with Gasteiger partial charge in [0.25, 0.3) is 0 Å². The Morgan fingerprint density at radius 2 is 1.10 bits per heavy atom. The van der Waals surface area contributed by atoms with E-state index < -0.39 is 0 Å². The van der Waals surface area contributed by atoms with Crippen LogP contribution in [0.15, 0.2) is 34.3 Å². The van der Waals surface area contributed by atoms with Crippen LogP contribution in [0.3, 0.4) is 0 Å². The molecule has 2 aromatic carbocycles. The molecule has 0 unspecified atom stereocenters. The van der Waals surface area contributed by atoms with Crippen LogP contribution in [-0.2, 0) is 12.8 Å². The fourth-order valence-electron chi connectivity index (χ4n) is 3.47. The summed E-state index contributed by atoms with van der Waals surface area (Å²) < 4.78 is 0. The first-order valence-electron chi connectivity index (χ1n) is 10.3. The van der Waals surface area contributed by atoms with Crippen LogP contribution < -0.4 is 0 Å². The monoisotopic (exact) mass is 394 g/mol. The van der Waals surface area contributed by atoms with E-state index in [0.717, 1.165) is 24.0 Å². The molecule has 0 aliphatic rings. The van der Waals surface area contributed by atoms with Crippen LogP contribution in [0.1, 0.15) is 61.1 Å². The van der Waals surface area contributed by atoms with Gasteiger partial charge in [-0.05, 0) is 72.9 Å². The first kappa shape index (κ1) is 22.7. The minimum absolute atomic E-state index is 0.236. The smallest absolute Gasteiger partial charge is 0.129 e. The number of hydrogen-bond acceptors (Lipinski definition) is 4. The van der Waals surface area contributed by atoms with Gasteiger partial charge in [0.2, 0.25) is 0 Å². The molecule has 0 aromatic heterocycles. The van der Waals surface area contributed by atoms with Gasteiger partial charge in [0.05, 0.1) is 0 Å². The van der Waals surface area contributed by atoms with Crippen LogP contribution in [0.2, 0.25) is 0 Å². The highest BCUT2D eigenvalue weighted by Gasteiger charge is 2.08. The molecule has 0 radical (unpaired) electrons. The summed E-state index contributed by atoms with van der Waals surface area (Å²) in [5.74, 6) is 1.63. The summed E-state index contributed by atoms with van der Waals surface area (Å²) in [6.07, 6.45) is 5.27. The lowest BCUT2D eigenvalue weighted by Gasteiger charge is -2.10. The molecular formula is C25H34N2O2. The van der Waals surface area contributed by atoms with E-state index in [1.54, 1.807) is 12.4 Å². The summed E-state index contributed by atoms with van der Waals surface area (Å²) in [5.41, 5.74) is 5.54. The van der Waals surface area contributed by atoms with Crippen molar-refractivity contribution in [1.29, 1.82) is 0 Å². The normalized spacial score (nSPS) is 12.1. The summed E-state index contributed by atoms with van der Waals surface area (Å²) in [7, 11) is 0. The van der Waals surface area contributed by atoms with E-state index in [1.807, 2.05) is 38.1 Å². The van der Waals surface area contributed by atoms with Gasteiger partial charge in [-0.2, -0.15) is 0 Å². The number of aromatic hydroxyl groups is 2. The van der Waals surface area contributed by atoms with Gasteiger partial charge in [0.15, 0.2) is 0 Å². The number of benzene rings is 2. The largest absolute Gasteiger partial charge is 0.507 e. The Bertz CT molecular complexity index is 823.